The van der Waals surface area contributed by atoms with Gasteiger partial charge in [-0.2, -0.15) is 0 Å². The molecule has 0 fully saturated rings. The molecule has 0 radical (unpaired) electrons. The van der Waals surface area contributed by atoms with E-state index in [4.69, 9.17) is 14.2 Å². The lowest BCUT2D eigenvalue weighted by Gasteiger charge is -2.14. The zero-order chi connectivity index (χ0) is 17.7. The van der Waals surface area contributed by atoms with Crippen LogP contribution in [0.2, 0.25) is 0 Å². The van der Waals surface area contributed by atoms with E-state index < -0.39 is 0 Å². The summed E-state index contributed by atoms with van der Waals surface area (Å²) in [6, 6.07) is 9.39. The Labute approximate surface area is 142 Å². The molecule has 126 valence electrons. The fourth-order valence-corrected chi connectivity index (χ4v) is 2.60. The van der Waals surface area contributed by atoms with E-state index in [-0.39, 0.29) is 5.78 Å². The van der Waals surface area contributed by atoms with Crippen LogP contribution in [0.25, 0.3) is 6.08 Å². The number of benzene rings is 2. The first-order valence-corrected chi connectivity index (χ1v) is 7.60. The summed E-state index contributed by atoms with van der Waals surface area (Å²) in [7, 11) is 4.67. The third kappa shape index (κ3) is 3.59. The Balaban J connectivity index is 2.36. The van der Waals surface area contributed by atoms with Gasteiger partial charge in [0.15, 0.2) is 17.3 Å². The molecule has 0 aromatic heterocycles. The van der Waals surface area contributed by atoms with Crippen molar-refractivity contribution in [1.82, 2.24) is 0 Å². The summed E-state index contributed by atoms with van der Waals surface area (Å²) < 4.78 is 16.0. The topological polar surface area (TPSA) is 44.8 Å². The minimum atomic E-state index is -0.0515. The third-order valence-electron chi connectivity index (χ3n) is 3.80. The Kier molecular flexibility index (Phi) is 5.64. The van der Waals surface area contributed by atoms with E-state index in [1.807, 2.05) is 38.1 Å². The second kappa shape index (κ2) is 7.68. The lowest BCUT2D eigenvalue weighted by molar-refractivity contribution is 0.104. The van der Waals surface area contributed by atoms with Crippen molar-refractivity contribution >= 4 is 11.9 Å². The molecule has 24 heavy (non-hydrogen) atoms. The summed E-state index contributed by atoms with van der Waals surface area (Å²) in [4.78, 5) is 12.4. The number of ether oxygens (including phenoxy) is 3. The maximum atomic E-state index is 12.4. The Bertz CT molecular complexity index is 775. The summed E-state index contributed by atoms with van der Waals surface area (Å²) in [5, 5.41) is 0. The molecule has 0 N–H and O–H groups in total. The summed E-state index contributed by atoms with van der Waals surface area (Å²) >= 11 is 0. The van der Waals surface area contributed by atoms with Crippen LogP contribution in [0, 0.1) is 13.8 Å². The van der Waals surface area contributed by atoms with E-state index >= 15 is 0 Å². The number of allylic oxidation sites excluding steroid dienone is 1. The lowest BCUT2D eigenvalue weighted by Crippen LogP contribution is -1.99. The van der Waals surface area contributed by atoms with Gasteiger partial charge < -0.3 is 14.2 Å². The molecule has 0 saturated heterocycles. The van der Waals surface area contributed by atoms with E-state index in [0.29, 0.717) is 22.8 Å². The van der Waals surface area contributed by atoms with Gasteiger partial charge in [-0.3, -0.25) is 4.79 Å². The standard InChI is InChI=1S/C20H22O4/c1-13-6-9-16(14(2)12-13)17(21)10-7-15-8-11-18(22-3)20(24-5)19(15)23-4/h6-12H,1-5H3. The van der Waals surface area contributed by atoms with Gasteiger partial charge in [0, 0.05) is 11.1 Å². The van der Waals surface area contributed by atoms with Crippen LogP contribution in [0.15, 0.2) is 36.4 Å². The van der Waals surface area contributed by atoms with Gasteiger partial charge in [0.25, 0.3) is 0 Å². The zero-order valence-electron chi connectivity index (χ0n) is 14.7. The van der Waals surface area contributed by atoms with Gasteiger partial charge in [-0.05, 0) is 43.7 Å². The fraction of sp³-hybridized carbons (Fsp3) is 0.250. The summed E-state index contributed by atoms with van der Waals surface area (Å²) in [6.45, 7) is 3.94. The van der Waals surface area contributed by atoms with Crippen LogP contribution < -0.4 is 14.2 Å². The van der Waals surface area contributed by atoms with Crippen molar-refractivity contribution in [3.05, 3.63) is 58.7 Å². The van der Waals surface area contributed by atoms with Crippen molar-refractivity contribution in [2.45, 2.75) is 13.8 Å². The van der Waals surface area contributed by atoms with E-state index in [1.165, 1.54) is 0 Å². The predicted octanol–water partition coefficient (Wildman–Crippen LogP) is 4.23. The number of methoxy groups -OCH3 is 3. The van der Waals surface area contributed by atoms with Crippen LogP contribution in [-0.4, -0.2) is 27.1 Å². The minimum absolute atomic E-state index is 0.0515. The Morgan fingerprint density at radius 1 is 0.917 bits per heavy atom. The normalized spacial score (nSPS) is 10.7. The molecule has 0 unspecified atom stereocenters. The second-order valence-electron chi connectivity index (χ2n) is 5.44. The van der Waals surface area contributed by atoms with Crippen molar-refractivity contribution in [2.75, 3.05) is 21.3 Å². The van der Waals surface area contributed by atoms with E-state index in [9.17, 15) is 4.79 Å². The van der Waals surface area contributed by atoms with Crippen LogP contribution in [0.3, 0.4) is 0 Å². The highest BCUT2D eigenvalue weighted by Gasteiger charge is 2.14. The maximum Gasteiger partial charge on any atom is 0.203 e. The summed E-state index contributed by atoms with van der Waals surface area (Å²) in [6.07, 6.45) is 3.27. The van der Waals surface area contributed by atoms with Crippen molar-refractivity contribution in [3.63, 3.8) is 0 Å². The quantitative estimate of drug-likeness (QED) is 0.589. The Hall–Kier alpha value is -2.75. The average molecular weight is 326 g/mol. The smallest absolute Gasteiger partial charge is 0.203 e. The minimum Gasteiger partial charge on any atom is -0.493 e. The number of aryl methyl sites for hydroxylation is 2. The Morgan fingerprint density at radius 3 is 2.21 bits per heavy atom. The van der Waals surface area contributed by atoms with Crippen molar-refractivity contribution < 1.29 is 19.0 Å². The summed E-state index contributed by atoms with van der Waals surface area (Å²) in [5.74, 6) is 1.55. The first-order valence-electron chi connectivity index (χ1n) is 7.60. The fourth-order valence-electron chi connectivity index (χ4n) is 2.60. The zero-order valence-corrected chi connectivity index (χ0v) is 14.7. The molecule has 4 heteroatoms. The molecule has 0 saturated carbocycles. The van der Waals surface area contributed by atoms with Crippen molar-refractivity contribution in [2.24, 2.45) is 0 Å². The van der Waals surface area contributed by atoms with Crippen LogP contribution in [0.1, 0.15) is 27.0 Å². The number of carbonyl (C=O) groups is 1. The average Bonchev–Trinajstić information content (AvgIpc) is 2.58. The lowest BCUT2D eigenvalue weighted by atomic mass is 10.0. The number of rotatable bonds is 6. The first kappa shape index (κ1) is 17.6. The number of hydrogen-bond acceptors (Lipinski definition) is 4. The molecule has 0 aliphatic rings. The molecule has 0 spiro atoms. The molecular formula is C20H22O4. The van der Waals surface area contributed by atoms with Crippen LogP contribution >= 0.6 is 0 Å². The van der Waals surface area contributed by atoms with Gasteiger partial charge in [0.2, 0.25) is 5.75 Å². The molecule has 4 nitrogen and oxygen atoms in total. The molecule has 2 aromatic carbocycles. The van der Waals surface area contributed by atoms with Gasteiger partial charge in [0.05, 0.1) is 21.3 Å². The van der Waals surface area contributed by atoms with Crippen LogP contribution in [-0.2, 0) is 0 Å². The Morgan fingerprint density at radius 2 is 1.62 bits per heavy atom. The van der Waals surface area contributed by atoms with Gasteiger partial charge in [-0.1, -0.05) is 23.8 Å². The highest BCUT2D eigenvalue weighted by molar-refractivity contribution is 6.08. The number of ketones is 1. The second-order valence-corrected chi connectivity index (χ2v) is 5.44. The van der Waals surface area contributed by atoms with Crippen molar-refractivity contribution in [3.8, 4) is 17.2 Å². The highest BCUT2D eigenvalue weighted by Crippen LogP contribution is 2.40. The van der Waals surface area contributed by atoms with Gasteiger partial charge >= 0.3 is 0 Å². The molecule has 2 aromatic rings. The molecule has 0 aliphatic carbocycles. The largest absolute Gasteiger partial charge is 0.493 e. The van der Waals surface area contributed by atoms with Gasteiger partial charge in [-0.15, -0.1) is 0 Å². The predicted molar refractivity (Wildman–Crippen MR) is 95.4 cm³/mol. The molecule has 0 heterocycles. The maximum absolute atomic E-state index is 12.4. The molecule has 2 rings (SSSR count). The van der Waals surface area contributed by atoms with Crippen LogP contribution in [0.4, 0.5) is 0 Å². The highest BCUT2D eigenvalue weighted by atomic mass is 16.5. The third-order valence-corrected chi connectivity index (χ3v) is 3.80. The molecule has 0 amide bonds. The van der Waals surface area contributed by atoms with Crippen molar-refractivity contribution in [1.29, 1.82) is 0 Å². The van der Waals surface area contributed by atoms with E-state index in [1.54, 1.807) is 39.5 Å². The number of carbonyl (C=O) groups excluding carboxylic acids is 1. The molecule has 0 bridgehead atoms. The van der Waals surface area contributed by atoms with Gasteiger partial charge in [-0.25, -0.2) is 0 Å². The first-order chi connectivity index (χ1) is 11.5. The van der Waals surface area contributed by atoms with Crippen LogP contribution in [0.5, 0.6) is 17.2 Å². The monoisotopic (exact) mass is 326 g/mol. The van der Waals surface area contributed by atoms with E-state index in [2.05, 4.69) is 0 Å². The van der Waals surface area contributed by atoms with E-state index in [0.717, 1.165) is 16.7 Å². The molecule has 0 aliphatic heterocycles. The summed E-state index contributed by atoms with van der Waals surface area (Å²) in [5.41, 5.74) is 3.53. The molecule has 0 atom stereocenters. The SMILES string of the molecule is COc1ccc(C=CC(=O)c2ccc(C)cc2C)c(OC)c1OC. The van der Waals surface area contributed by atoms with Gasteiger partial charge in [0.1, 0.15) is 0 Å². The number of hydrogen-bond donors (Lipinski definition) is 0. The molecular weight excluding hydrogens is 304 g/mol.